The molecule has 0 aliphatic rings. The van der Waals surface area contributed by atoms with Crippen molar-refractivity contribution in [3.8, 4) is 0 Å². The molecule has 36 heavy (non-hydrogen) atoms. The Kier molecular flexibility index (Phi) is 8.41. The standard InChI is InChI=1S/C32H45N3O/c1-23(2)28(3,4)24-13-17-26(18-14-24)30(7,8)33-21-34-32(11,12)29(5,6)25-15-19-27(20-16-25)31(9,10)35-22-36/h13-20,23H,1-12H3. The molecule has 194 valence electrons. The fourth-order valence-corrected chi connectivity index (χ4v) is 3.95. The molecule has 0 aromatic heterocycles. The van der Waals surface area contributed by atoms with E-state index in [9.17, 15) is 4.79 Å². The topological polar surface area (TPSA) is 54.1 Å². The second-order valence-electron chi connectivity index (χ2n) is 12.9. The van der Waals surface area contributed by atoms with Crippen molar-refractivity contribution < 1.29 is 4.79 Å². The molecule has 0 N–H and O–H groups in total. The van der Waals surface area contributed by atoms with Crippen molar-refractivity contribution in [3.63, 3.8) is 0 Å². The van der Waals surface area contributed by atoms with Crippen molar-refractivity contribution in [1.82, 2.24) is 0 Å². The highest BCUT2D eigenvalue weighted by atomic mass is 16.1. The van der Waals surface area contributed by atoms with E-state index in [4.69, 9.17) is 9.98 Å². The third-order valence-corrected chi connectivity index (χ3v) is 8.61. The van der Waals surface area contributed by atoms with Gasteiger partial charge in [-0.05, 0) is 75.1 Å². The lowest BCUT2D eigenvalue weighted by atomic mass is 9.70. The second-order valence-corrected chi connectivity index (χ2v) is 12.9. The zero-order chi connectivity index (χ0) is 27.6. The molecule has 0 aliphatic heterocycles. The molecular weight excluding hydrogens is 442 g/mol. The predicted octanol–water partition coefficient (Wildman–Crippen LogP) is 8.36. The van der Waals surface area contributed by atoms with E-state index in [2.05, 4.69) is 117 Å². The first-order valence-corrected chi connectivity index (χ1v) is 12.9. The maximum absolute atomic E-state index is 10.8. The second kappa shape index (κ2) is 10.3. The molecule has 2 rings (SSSR count). The summed E-state index contributed by atoms with van der Waals surface area (Å²) in [5.41, 5.74) is 2.96. The van der Waals surface area contributed by atoms with Crippen LogP contribution in [0.4, 0.5) is 0 Å². The normalized spacial score (nSPS) is 13.1. The largest absolute Gasteiger partial charge is 0.235 e. The van der Waals surface area contributed by atoms with Crippen molar-refractivity contribution in [2.24, 2.45) is 20.9 Å². The lowest BCUT2D eigenvalue weighted by Gasteiger charge is -2.38. The Bertz CT molecular complexity index is 1150. The summed E-state index contributed by atoms with van der Waals surface area (Å²) in [5.74, 6) is 0.555. The summed E-state index contributed by atoms with van der Waals surface area (Å²) in [5, 5.41) is 0. The van der Waals surface area contributed by atoms with E-state index < -0.39 is 16.6 Å². The minimum atomic E-state index is -0.598. The van der Waals surface area contributed by atoms with Gasteiger partial charge in [-0.3, -0.25) is 0 Å². The van der Waals surface area contributed by atoms with E-state index in [0.717, 1.165) is 16.7 Å². The van der Waals surface area contributed by atoms with Crippen LogP contribution in [0.2, 0.25) is 0 Å². The van der Waals surface area contributed by atoms with Gasteiger partial charge in [-0.15, -0.1) is 0 Å². The number of isocyanates is 1. The first-order chi connectivity index (χ1) is 16.4. The smallest absolute Gasteiger partial charge is 0.219 e. The highest BCUT2D eigenvalue weighted by Crippen LogP contribution is 2.38. The summed E-state index contributed by atoms with van der Waals surface area (Å²) in [4.78, 5) is 24.3. The molecule has 0 saturated carbocycles. The molecule has 4 heteroatoms. The summed E-state index contributed by atoms with van der Waals surface area (Å²) >= 11 is 0. The summed E-state index contributed by atoms with van der Waals surface area (Å²) in [6.07, 6.45) is 1.68. The summed E-state index contributed by atoms with van der Waals surface area (Å²) < 4.78 is 0. The fraction of sp³-hybridized carbons (Fsp3) is 0.562. The Morgan fingerprint density at radius 2 is 0.972 bits per heavy atom. The van der Waals surface area contributed by atoms with Gasteiger partial charge in [-0.1, -0.05) is 90.1 Å². The molecule has 0 saturated heterocycles. The number of nitrogens with zero attached hydrogens (tertiary/aromatic N) is 3. The third-order valence-electron chi connectivity index (χ3n) is 8.61. The van der Waals surface area contributed by atoms with Gasteiger partial charge in [-0.2, -0.15) is 4.99 Å². The van der Waals surface area contributed by atoms with Crippen LogP contribution in [0.1, 0.15) is 105 Å². The molecule has 0 spiro atoms. The van der Waals surface area contributed by atoms with Crippen molar-refractivity contribution >= 4 is 12.1 Å². The molecular formula is C32H45N3O. The summed E-state index contributed by atoms with van der Waals surface area (Å²) in [6.45, 7) is 25.7. The average Bonchev–Trinajstić information content (AvgIpc) is 2.78. The van der Waals surface area contributed by atoms with Crippen LogP contribution in [0.15, 0.2) is 63.5 Å². The van der Waals surface area contributed by atoms with Crippen molar-refractivity contribution in [2.75, 3.05) is 0 Å². The summed E-state index contributed by atoms with van der Waals surface area (Å²) in [6, 6.07) is 20.1. The molecule has 0 radical (unpaired) electrons. The monoisotopic (exact) mass is 487 g/mol. The lowest BCUT2D eigenvalue weighted by molar-refractivity contribution is 0.310. The first kappa shape index (κ1) is 29.4. The zero-order valence-corrected chi connectivity index (χ0v) is 24.4. The van der Waals surface area contributed by atoms with Crippen LogP contribution in [-0.4, -0.2) is 17.6 Å². The molecule has 0 amide bonds. The maximum atomic E-state index is 10.8. The quantitative estimate of drug-likeness (QED) is 0.259. The third kappa shape index (κ3) is 6.12. The molecule has 4 nitrogen and oxygen atoms in total. The fourth-order valence-electron chi connectivity index (χ4n) is 3.95. The van der Waals surface area contributed by atoms with Crippen LogP contribution in [-0.2, 0) is 26.7 Å². The number of benzene rings is 2. The average molecular weight is 488 g/mol. The van der Waals surface area contributed by atoms with E-state index in [1.807, 2.05) is 26.0 Å². The molecule has 0 bridgehead atoms. The van der Waals surface area contributed by atoms with Crippen LogP contribution in [0.3, 0.4) is 0 Å². The van der Waals surface area contributed by atoms with Crippen molar-refractivity contribution in [2.45, 2.75) is 111 Å². The van der Waals surface area contributed by atoms with E-state index in [1.54, 1.807) is 6.08 Å². The van der Waals surface area contributed by atoms with Gasteiger partial charge in [0.2, 0.25) is 6.08 Å². The van der Waals surface area contributed by atoms with E-state index in [1.165, 1.54) is 5.56 Å². The maximum Gasteiger partial charge on any atom is 0.235 e. The minimum absolute atomic E-state index is 0.124. The van der Waals surface area contributed by atoms with Gasteiger partial charge in [0.15, 0.2) is 0 Å². The van der Waals surface area contributed by atoms with Crippen LogP contribution >= 0.6 is 0 Å². The van der Waals surface area contributed by atoms with Gasteiger partial charge in [0, 0.05) is 5.41 Å². The van der Waals surface area contributed by atoms with Gasteiger partial charge in [0.05, 0.1) is 22.6 Å². The molecule has 2 aromatic carbocycles. The Labute approximate surface area is 219 Å². The molecule has 0 heterocycles. The Balaban J connectivity index is 2.30. The van der Waals surface area contributed by atoms with Crippen molar-refractivity contribution in [3.05, 3.63) is 70.8 Å². The predicted molar refractivity (Wildman–Crippen MR) is 152 cm³/mol. The van der Waals surface area contributed by atoms with Gasteiger partial charge < -0.3 is 0 Å². The summed E-state index contributed by atoms with van der Waals surface area (Å²) in [7, 11) is 0. The van der Waals surface area contributed by atoms with Crippen LogP contribution in [0.5, 0.6) is 0 Å². The van der Waals surface area contributed by atoms with Crippen LogP contribution in [0.25, 0.3) is 0 Å². The Morgan fingerprint density at radius 1 is 0.583 bits per heavy atom. The Morgan fingerprint density at radius 3 is 1.39 bits per heavy atom. The molecule has 0 atom stereocenters. The number of aliphatic imine (C=N–C) groups is 3. The lowest BCUT2D eigenvalue weighted by Crippen LogP contribution is -2.41. The first-order valence-electron chi connectivity index (χ1n) is 12.9. The minimum Gasteiger partial charge on any atom is -0.219 e. The highest BCUT2D eigenvalue weighted by Gasteiger charge is 2.38. The highest BCUT2D eigenvalue weighted by molar-refractivity contribution is 5.47. The van der Waals surface area contributed by atoms with E-state index in [-0.39, 0.29) is 10.8 Å². The van der Waals surface area contributed by atoms with Crippen LogP contribution < -0.4 is 0 Å². The van der Waals surface area contributed by atoms with Crippen molar-refractivity contribution in [1.29, 1.82) is 0 Å². The SMILES string of the molecule is CC(C)C(C)(C)c1ccc(C(C)(C)N=C=NC(C)(C)C(C)(C)c2ccc(C(C)(C)N=C=O)cc2)cc1. The van der Waals surface area contributed by atoms with Gasteiger partial charge in [-0.25, -0.2) is 14.8 Å². The number of hydrogen-bond acceptors (Lipinski definition) is 4. The number of carbonyl (C=O) groups excluding carboxylic acids is 1. The Hall–Kier alpha value is -2.80. The van der Waals surface area contributed by atoms with E-state index >= 15 is 0 Å². The van der Waals surface area contributed by atoms with Crippen LogP contribution in [0, 0.1) is 5.92 Å². The van der Waals surface area contributed by atoms with E-state index in [0.29, 0.717) is 5.92 Å². The van der Waals surface area contributed by atoms with Gasteiger partial charge in [0.25, 0.3) is 0 Å². The van der Waals surface area contributed by atoms with Gasteiger partial charge in [0.1, 0.15) is 0 Å². The molecule has 0 aliphatic carbocycles. The number of hydrogen-bond donors (Lipinski definition) is 0. The molecule has 0 unspecified atom stereocenters. The molecule has 2 aromatic rings. The van der Waals surface area contributed by atoms with Gasteiger partial charge >= 0.3 is 0 Å². The zero-order valence-electron chi connectivity index (χ0n) is 24.4. The molecule has 0 fully saturated rings. The number of rotatable bonds is 9.